The largest absolute Gasteiger partial charge is 0.481 e. The van der Waals surface area contributed by atoms with E-state index in [0.717, 1.165) is 0 Å². The van der Waals surface area contributed by atoms with Crippen molar-refractivity contribution in [2.75, 3.05) is 10.6 Å². The molecule has 0 spiro atoms. The minimum atomic E-state index is -0.986. The van der Waals surface area contributed by atoms with Crippen molar-refractivity contribution in [2.45, 2.75) is 13.8 Å². The Balaban J connectivity index is 1.76. The van der Waals surface area contributed by atoms with Gasteiger partial charge in [0.25, 0.3) is 5.91 Å². The predicted octanol–water partition coefficient (Wildman–Crippen LogP) is 2.69. The van der Waals surface area contributed by atoms with Gasteiger partial charge in [-0.3, -0.25) is 19.7 Å². The number of aliphatic carboxylic acids is 1. The van der Waals surface area contributed by atoms with Gasteiger partial charge < -0.3 is 10.4 Å². The van der Waals surface area contributed by atoms with Crippen molar-refractivity contribution < 1.29 is 19.5 Å². The number of anilines is 2. The lowest BCUT2D eigenvalue weighted by Crippen LogP contribution is -2.21. The molecule has 1 heterocycles. The maximum absolute atomic E-state index is 12.5. The molecule has 0 unspecified atom stereocenters. The summed E-state index contributed by atoms with van der Waals surface area (Å²) in [4.78, 5) is 40.1. The Morgan fingerprint density at radius 1 is 1.16 bits per heavy atom. The number of hydrogen-bond acceptors (Lipinski definition) is 5. The molecule has 1 aliphatic carbocycles. The Labute approximate surface area is 148 Å². The zero-order chi connectivity index (χ0) is 18.2. The first kappa shape index (κ1) is 17.1. The molecule has 3 N–H and O–H groups in total. The third kappa shape index (κ3) is 3.25. The van der Waals surface area contributed by atoms with E-state index in [2.05, 4.69) is 15.6 Å². The summed E-state index contributed by atoms with van der Waals surface area (Å²) in [5.41, 5.74) is 0.0263. The molecule has 3 rings (SSSR count). The van der Waals surface area contributed by atoms with Gasteiger partial charge in [-0.2, -0.15) is 0 Å². The van der Waals surface area contributed by atoms with Crippen LogP contribution in [0.3, 0.4) is 0 Å². The molecule has 2 aromatic rings. The molecule has 1 aromatic carbocycles. The average Bonchev–Trinajstić information content (AvgIpc) is 2.88. The number of benzene rings is 1. The lowest BCUT2D eigenvalue weighted by atomic mass is 10.1. The molecular weight excluding hydrogens is 342 g/mol. The summed E-state index contributed by atoms with van der Waals surface area (Å²) in [6.45, 7) is 3.49. The van der Waals surface area contributed by atoms with Gasteiger partial charge in [-0.25, -0.2) is 4.98 Å². The summed E-state index contributed by atoms with van der Waals surface area (Å²) in [5.74, 6) is -3.12. The standard InChI is InChI=1S/C17H17N3O4S/c1-17(2)11(12(17)15(23)24)14(22)19-10-6-4-3-5-9(10)13(21)20-16-18-7-8-25-16/h3-8,11-12H,1-2H3,(H,19,22)(H,23,24)(H,18,20,21)/t11-,12+/m0/s1. The number of rotatable bonds is 5. The summed E-state index contributed by atoms with van der Waals surface area (Å²) in [6, 6.07) is 6.58. The molecule has 0 aliphatic heterocycles. The average molecular weight is 359 g/mol. The van der Waals surface area contributed by atoms with Crippen molar-refractivity contribution in [2.24, 2.45) is 17.3 Å². The monoisotopic (exact) mass is 359 g/mol. The number of carbonyl (C=O) groups excluding carboxylic acids is 2. The number of para-hydroxylation sites is 1. The number of carboxylic acids is 1. The Kier molecular flexibility index (Phi) is 4.30. The van der Waals surface area contributed by atoms with Crippen LogP contribution in [0.5, 0.6) is 0 Å². The minimum absolute atomic E-state index is 0.288. The van der Waals surface area contributed by atoms with Gasteiger partial charge in [-0.15, -0.1) is 11.3 Å². The summed E-state index contributed by atoms with van der Waals surface area (Å²) in [7, 11) is 0. The van der Waals surface area contributed by atoms with Crippen molar-refractivity contribution in [3.05, 3.63) is 41.4 Å². The van der Waals surface area contributed by atoms with Gasteiger partial charge in [0, 0.05) is 11.6 Å². The molecule has 1 aromatic heterocycles. The van der Waals surface area contributed by atoms with E-state index in [1.165, 1.54) is 11.3 Å². The third-order valence-corrected chi connectivity index (χ3v) is 5.15. The minimum Gasteiger partial charge on any atom is -0.481 e. The molecule has 2 amide bonds. The van der Waals surface area contributed by atoms with Crippen LogP contribution < -0.4 is 10.6 Å². The highest BCUT2D eigenvalue weighted by atomic mass is 32.1. The van der Waals surface area contributed by atoms with Crippen LogP contribution in [0.25, 0.3) is 0 Å². The van der Waals surface area contributed by atoms with Crippen LogP contribution in [0, 0.1) is 17.3 Å². The second-order valence-electron chi connectivity index (χ2n) is 6.44. The molecule has 130 valence electrons. The quantitative estimate of drug-likeness (QED) is 0.760. The van der Waals surface area contributed by atoms with Gasteiger partial charge >= 0.3 is 5.97 Å². The highest BCUT2D eigenvalue weighted by Gasteiger charge is 2.65. The van der Waals surface area contributed by atoms with Crippen LogP contribution in [0.2, 0.25) is 0 Å². The number of amides is 2. The lowest BCUT2D eigenvalue weighted by molar-refractivity contribution is -0.140. The van der Waals surface area contributed by atoms with Gasteiger partial charge in [0.05, 0.1) is 23.1 Å². The fraction of sp³-hybridized carbons (Fsp3) is 0.294. The van der Waals surface area contributed by atoms with Gasteiger partial charge in [-0.1, -0.05) is 26.0 Å². The molecule has 25 heavy (non-hydrogen) atoms. The number of carboxylic acid groups (broad SMARTS) is 1. The summed E-state index contributed by atoms with van der Waals surface area (Å²) in [6.07, 6.45) is 1.58. The Bertz CT molecular complexity index is 832. The Hall–Kier alpha value is -2.74. The second kappa shape index (κ2) is 6.29. The van der Waals surface area contributed by atoms with Crippen LogP contribution in [-0.2, 0) is 9.59 Å². The van der Waals surface area contributed by atoms with Gasteiger partial charge in [0.15, 0.2) is 5.13 Å². The predicted molar refractivity (Wildman–Crippen MR) is 93.5 cm³/mol. The summed E-state index contributed by atoms with van der Waals surface area (Å²) >= 11 is 1.29. The van der Waals surface area contributed by atoms with Crippen LogP contribution in [0.15, 0.2) is 35.8 Å². The first-order valence-electron chi connectivity index (χ1n) is 7.66. The third-order valence-electron chi connectivity index (χ3n) is 4.46. The van der Waals surface area contributed by atoms with Crippen molar-refractivity contribution in [3.63, 3.8) is 0 Å². The van der Waals surface area contributed by atoms with Crippen LogP contribution in [0.4, 0.5) is 10.8 Å². The summed E-state index contributed by atoms with van der Waals surface area (Å²) in [5, 5.41) is 16.8. The van der Waals surface area contributed by atoms with Gasteiger partial charge in [0.1, 0.15) is 0 Å². The molecule has 0 bridgehead atoms. The molecule has 0 saturated heterocycles. The van der Waals surface area contributed by atoms with Gasteiger partial charge in [0.2, 0.25) is 5.91 Å². The maximum Gasteiger partial charge on any atom is 0.307 e. The van der Waals surface area contributed by atoms with Crippen LogP contribution >= 0.6 is 11.3 Å². The van der Waals surface area contributed by atoms with E-state index in [0.29, 0.717) is 10.8 Å². The molecule has 1 fully saturated rings. The number of hydrogen-bond donors (Lipinski definition) is 3. The highest BCUT2D eigenvalue weighted by Crippen LogP contribution is 2.58. The molecular formula is C17H17N3O4S. The number of carbonyl (C=O) groups is 3. The van der Waals surface area contributed by atoms with Crippen LogP contribution in [-0.4, -0.2) is 27.9 Å². The molecule has 2 atom stereocenters. The fourth-order valence-corrected chi connectivity index (χ4v) is 3.56. The normalized spacial score (nSPS) is 20.6. The van der Waals surface area contributed by atoms with E-state index in [4.69, 9.17) is 0 Å². The fourth-order valence-electron chi connectivity index (χ4n) is 3.04. The number of thiazole rings is 1. The topological polar surface area (TPSA) is 108 Å². The zero-order valence-corrected chi connectivity index (χ0v) is 14.5. The van der Waals surface area contributed by atoms with E-state index < -0.39 is 35.0 Å². The van der Waals surface area contributed by atoms with E-state index in [1.54, 1.807) is 49.7 Å². The van der Waals surface area contributed by atoms with Crippen molar-refractivity contribution >= 4 is 39.9 Å². The van der Waals surface area contributed by atoms with Crippen LogP contribution in [0.1, 0.15) is 24.2 Å². The number of aromatic nitrogens is 1. The molecule has 0 radical (unpaired) electrons. The molecule has 8 heteroatoms. The van der Waals surface area contributed by atoms with E-state index in [1.807, 2.05) is 0 Å². The van der Waals surface area contributed by atoms with Crippen molar-refractivity contribution in [1.29, 1.82) is 0 Å². The number of nitrogens with zero attached hydrogens (tertiary/aromatic N) is 1. The maximum atomic E-state index is 12.5. The van der Waals surface area contributed by atoms with Gasteiger partial charge in [-0.05, 0) is 17.5 Å². The Morgan fingerprint density at radius 2 is 1.88 bits per heavy atom. The lowest BCUT2D eigenvalue weighted by Gasteiger charge is -2.11. The zero-order valence-electron chi connectivity index (χ0n) is 13.6. The van der Waals surface area contributed by atoms with E-state index in [9.17, 15) is 19.5 Å². The highest BCUT2D eigenvalue weighted by molar-refractivity contribution is 7.13. The smallest absolute Gasteiger partial charge is 0.307 e. The Morgan fingerprint density at radius 3 is 2.48 bits per heavy atom. The SMILES string of the molecule is CC1(C)[C@H](C(=O)Nc2ccccc2C(=O)Nc2nccs2)[C@@H]1C(=O)O. The van der Waals surface area contributed by atoms with E-state index in [-0.39, 0.29) is 5.56 Å². The van der Waals surface area contributed by atoms with Crippen molar-refractivity contribution in [3.8, 4) is 0 Å². The molecule has 1 saturated carbocycles. The first-order valence-corrected chi connectivity index (χ1v) is 8.54. The number of nitrogens with one attached hydrogen (secondary N) is 2. The van der Waals surface area contributed by atoms with Crippen molar-refractivity contribution in [1.82, 2.24) is 4.98 Å². The second-order valence-corrected chi connectivity index (χ2v) is 7.34. The first-order chi connectivity index (χ1) is 11.8. The molecule has 7 nitrogen and oxygen atoms in total. The van der Waals surface area contributed by atoms with E-state index >= 15 is 0 Å². The molecule has 1 aliphatic rings. The summed E-state index contributed by atoms with van der Waals surface area (Å²) < 4.78 is 0.